The number of hydrogen-bond donors (Lipinski definition) is 1. The van der Waals surface area contributed by atoms with E-state index >= 15 is 0 Å². The summed E-state index contributed by atoms with van der Waals surface area (Å²) in [5.41, 5.74) is 7.84. The summed E-state index contributed by atoms with van der Waals surface area (Å²) in [6.07, 6.45) is 1.63. The molecule has 2 N–H and O–H groups in total. The number of methoxy groups -OCH3 is 2. The smallest absolute Gasteiger partial charge is 0.162 e. The Morgan fingerprint density at radius 2 is 1.79 bits per heavy atom. The molecule has 0 radical (unpaired) electrons. The van der Waals surface area contributed by atoms with Gasteiger partial charge in [-0.1, -0.05) is 11.6 Å². The molecule has 2 rings (SSSR count). The van der Waals surface area contributed by atoms with Crippen LogP contribution in [0.15, 0.2) is 28.9 Å². The van der Waals surface area contributed by atoms with Crippen LogP contribution in [0.25, 0.3) is 0 Å². The first-order chi connectivity index (χ1) is 9.06. The monoisotopic (exact) mass is 281 g/mol. The van der Waals surface area contributed by atoms with Crippen molar-refractivity contribution in [3.8, 4) is 11.5 Å². The molecule has 0 saturated carbocycles. The third kappa shape index (κ3) is 2.69. The van der Waals surface area contributed by atoms with Crippen LogP contribution in [-0.2, 0) is 0 Å². The molecule has 1 aromatic carbocycles. The van der Waals surface area contributed by atoms with Gasteiger partial charge in [0.05, 0.1) is 26.5 Å². The van der Waals surface area contributed by atoms with E-state index in [9.17, 15) is 0 Å². The van der Waals surface area contributed by atoms with Gasteiger partial charge in [-0.15, -0.1) is 0 Å². The minimum Gasteiger partial charge on any atom is -0.493 e. The van der Waals surface area contributed by atoms with Gasteiger partial charge in [0, 0.05) is 16.7 Å². The van der Waals surface area contributed by atoms with Crippen molar-refractivity contribution in [3.63, 3.8) is 0 Å². The molecule has 0 aliphatic heterocycles. The van der Waals surface area contributed by atoms with Crippen LogP contribution < -0.4 is 15.2 Å². The average Bonchev–Trinajstić information content (AvgIpc) is 2.84. The molecule has 0 amide bonds. The number of benzene rings is 1. The molecule has 1 atom stereocenters. The molecular weight excluding hydrogens is 266 g/mol. The van der Waals surface area contributed by atoms with Crippen LogP contribution in [0.5, 0.6) is 11.5 Å². The van der Waals surface area contributed by atoms with Crippen LogP contribution in [0.1, 0.15) is 22.9 Å². The third-order valence-corrected chi connectivity index (χ3v) is 3.28. The van der Waals surface area contributed by atoms with E-state index < -0.39 is 0 Å². The number of rotatable bonds is 4. The fraction of sp³-hybridized carbons (Fsp3) is 0.286. The number of furan rings is 1. The first-order valence-corrected chi connectivity index (χ1v) is 6.16. The molecule has 0 aliphatic carbocycles. The van der Waals surface area contributed by atoms with Gasteiger partial charge in [0.2, 0.25) is 0 Å². The van der Waals surface area contributed by atoms with E-state index in [2.05, 4.69) is 0 Å². The summed E-state index contributed by atoms with van der Waals surface area (Å²) in [7, 11) is 3.14. The van der Waals surface area contributed by atoms with E-state index in [-0.39, 0.29) is 6.04 Å². The van der Waals surface area contributed by atoms with Crippen molar-refractivity contribution in [1.82, 2.24) is 0 Å². The summed E-state index contributed by atoms with van der Waals surface area (Å²) < 4.78 is 15.7. The summed E-state index contributed by atoms with van der Waals surface area (Å²) in [6.45, 7) is 1.87. The third-order valence-electron chi connectivity index (χ3n) is 2.95. The molecule has 1 aromatic heterocycles. The van der Waals surface area contributed by atoms with Crippen molar-refractivity contribution >= 4 is 11.6 Å². The number of aryl methyl sites for hydroxylation is 1. The van der Waals surface area contributed by atoms with Gasteiger partial charge in [-0.25, -0.2) is 0 Å². The molecule has 102 valence electrons. The minimum atomic E-state index is -0.371. The predicted octanol–water partition coefficient (Wildman–Crippen LogP) is 3.31. The fourth-order valence-corrected chi connectivity index (χ4v) is 2.19. The average molecular weight is 282 g/mol. The van der Waals surface area contributed by atoms with Gasteiger partial charge < -0.3 is 19.6 Å². The van der Waals surface area contributed by atoms with Crippen molar-refractivity contribution in [2.24, 2.45) is 5.73 Å². The molecule has 19 heavy (non-hydrogen) atoms. The highest BCUT2D eigenvalue weighted by molar-refractivity contribution is 6.31. The van der Waals surface area contributed by atoms with Gasteiger partial charge in [0.25, 0.3) is 0 Å². The molecule has 0 spiro atoms. The van der Waals surface area contributed by atoms with Crippen LogP contribution in [0.3, 0.4) is 0 Å². The summed E-state index contributed by atoms with van der Waals surface area (Å²) in [4.78, 5) is 0. The van der Waals surface area contributed by atoms with E-state index in [1.54, 1.807) is 32.6 Å². The second-order valence-electron chi connectivity index (χ2n) is 4.20. The van der Waals surface area contributed by atoms with E-state index in [1.807, 2.05) is 13.0 Å². The number of nitrogens with two attached hydrogens (primary N) is 1. The van der Waals surface area contributed by atoms with Crippen molar-refractivity contribution < 1.29 is 13.9 Å². The van der Waals surface area contributed by atoms with Gasteiger partial charge >= 0.3 is 0 Å². The standard InChI is InChI=1S/C14H16ClNO3/c1-8-4-9(7-19-8)14(16)10-5-12(17-2)13(18-3)6-11(10)15/h4-7,14H,16H2,1-3H3. The van der Waals surface area contributed by atoms with Crippen LogP contribution in [0, 0.1) is 6.92 Å². The maximum absolute atomic E-state index is 6.24. The number of ether oxygens (including phenoxy) is 2. The Labute approximate surface area is 117 Å². The highest BCUT2D eigenvalue weighted by atomic mass is 35.5. The Morgan fingerprint density at radius 3 is 2.32 bits per heavy atom. The topological polar surface area (TPSA) is 57.6 Å². The molecule has 1 heterocycles. The lowest BCUT2D eigenvalue weighted by Crippen LogP contribution is -2.12. The Morgan fingerprint density at radius 1 is 1.16 bits per heavy atom. The van der Waals surface area contributed by atoms with Crippen LogP contribution in [0.2, 0.25) is 5.02 Å². The number of halogens is 1. The summed E-state index contributed by atoms with van der Waals surface area (Å²) in [5.74, 6) is 1.98. The van der Waals surface area contributed by atoms with Gasteiger partial charge in [0.1, 0.15) is 5.76 Å². The van der Waals surface area contributed by atoms with E-state index in [1.165, 1.54) is 0 Å². The molecule has 5 heteroatoms. The number of hydrogen-bond acceptors (Lipinski definition) is 4. The Kier molecular flexibility index (Phi) is 4.02. The van der Waals surface area contributed by atoms with E-state index in [0.29, 0.717) is 16.5 Å². The molecule has 2 aromatic rings. The van der Waals surface area contributed by atoms with Gasteiger partial charge in [-0.3, -0.25) is 0 Å². The Balaban J connectivity index is 2.44. The first kappa shape index (κ1) is 13.8. The highest BCUT2D eigenvalue weighted by Gasteiger charge is 2.18. The van der Waals surface area contributed by atoms with Crippen molar-refractivity contribution in [2.75, 3.05) is 14.2 Å². The lowest BCUT2D eigenvalue weighted by molar-refractivity contribution is 0.354. The van der Waals surface area contributed by atoms with Crippen molar-refractivity contribution in [1.29, 1.82) is 0 Å². The maximum atomic E-state index is 6.24. The quantitative estimate of drug-likeness (QED) is 0.934. The lowest BCUT2D eigenvalue weighted by atomic mass is 10.0. The minimum absolute atomic E-state index is 0.371. The van der Waals surface area contributed by atoms with Crippen LogP contribution in [0.4, 0.5) is 0 Å². The molecule has 0 saturated heterocycles. The fourth-order valence-electron chi connectivity index (χ4n) is 1.91. The summed E-state index contributed by atoms with van der Waals surface area (Å²) in [5, 5.41) is 0.531. The second-order valence-corrected chi connectivity index (χ2v) is 4.60. The van der Waals surface area contributed by atoms with E-state index in [4.69, 9.17) is 31.2 Å². The predicted molar refractivity (Wildman–Crippen MR) is 74.0 cm³/mol. The van der Waals surface area contributed by atoms with Gasteiger partial charge in [-0.05, 0) is 24.6 Å². The first-order valence-electron chi connectivity index (χ1n) is 5.78. The normalized spacial score (nSPS) is 12.3. The molecule has 4 nitrogen and oxygen atoms in total. The van der Waals surface area contributed by atoms with Crippen molar-refractivity contribution in [2.45, 2.75) is 13.0 Å². The highest BCUT2D eigenvalue weighted by Crippen LogP contribution is 2.37. The van der Waals surface area contributed by atoms with Crippen LogP contribution >= 0.6 is 11.6 Å². The Bertz CT molecular complexity index is 580. The maximum Gasteiger partial charge on any atom is 0.162 e. The zero-order valence-electron chi connectivity index (χ0n) is 11.1. The van der Waals surface area contributed by atoms with Gasteiger partial charge in [0.15, 0.2) is 11.5 Å². The van der Waals surface area contributed by atoms with E-state index in [0.717, 1.165) is 16.9 Å². The SMILES string of the molecule is COc1cc(Cl)c(C(N)c2coc(C)c2)cc1OC. The Hall–Kier alpha value is -1.65. The zero-order chi connectivity index (χ0) is 14.0. The largest absolute Gasteiger partial charge is 0.493 e. The van der Waals surface area contributed by atoms with Crippen molar-refractivity contribution in [3.05, 3.63) is 46.4 Å². The molecule has 0 aliphatic rings. The molecule has 0 fully saturated rings. The molecule has 0 bridgehead atoms. The van der Waals surface area contributed by atoms with Gasteiger partial charge in [-0.2, -0.15) is 0 Å². The zero-order valence-corrected chi connectivity index (χ0v) is 11.8. The van der Waals surface area contributed by atoms with Crippen LogP contribution in [-0.4, -0.2) is 14.2 Å². The molecular formula is C14H16ClNO3. The summed E-state index contributed by atoms with van der Waals surface area (Å²) in [6, 6.07) is 5.00. The lowest BCUT2D eigenvalue weighted by Gasteiger charge is -2.15. The molecule has 1 unspecified atom stereocenters. The summed E-state index contributed by atoms with van der Waals surface area (Å²) >= 11 is 6.24. The second kappa shape index (κ2) is 5.55.